The predicted molar refractivity (Wildman–Crippen MR) is 102 cm³/mol. The fraction of sp³-hybridized carbons (Fsp3) is 0.368. The van der Waals surface area contributed by atoms with Crippen molar-refractivity contribution in [2.45, 2.75) is 33.2 Å². The third-order valence-corrected chi connectivity index (χ3v) is 4.04. The number of halogens is 1. The molecule has 0 saturated heterocycles. The Hall–Kier alpha value is -2.11. The molecule has 0 unspecified atom stereocenters. The predicted octanol–water partition coefficient (Wildman–Crippen LogP) is 3.15. The van der Waals surface area contributed by atoms with Crippen LogP contribution in [0.15, 0.2) is 42.6 Å². The quantitative estimate of drug-likeness (QED) is 0.768. The maximum Gasteiger partial charge on any atom is 0.248 e. The average Bonchev–Trinajstić information content (AvgIpc) is 2.60. The van der Waals surface area contributed by atoms with Gasteiger partial charge in [-0.15, -0.1) is 12.4 Å². The van der Waals surface area contributed by atoms with Gasteiger partial charge in [-0.3, -0.25) is 15.1 Å². The van der Waals surface area contributed by atoms with Gasteiger partial charge in [-0.25, -0.2) is 0 Å². The van der Waals surface area contributed by atoms with Gasteiger partial charge in [0.1, 0.15) is 18.8 Å². The lowest BCUT2D eigenvalue weighted by Crippen LogP contribution is -2.38. The zero-order valence-corrected chi connectivity index (χ0v) is 15.8. The van der Waals surface area contributed by atoms with E-state index in [0.717, 1.165) is 29.7 Å². The van der Waals surface area contributed by atoms with Gasteiger partial charge in [0.2, 0.25) is 5.91 Å². The summed E-state index contributed by atoms with van der Waals surface area (Å²) in [5.74, 6) is -0.0860. The molecule has 0 saturated carbocycles. The Morgan fingerprint density at radius 1 is 1.12 bits per heavy atom. The van der Waals surface area contributed by atoms with Crippen molar-refractivity contribution in [3.63, 3.8) is 0 Å². The van der Waals surface area contributed by atoms with E-state index in [1.165, 1.54) is 0 Å². The van der Waals surface area contributed by atoms with Crippen LogP contribution in [0.2, 0.25) is 0 Å². The summed E-state index contributed by atoms with van der Waals surface area (Å²) in [7, 11) is 1.59. The number of amides is 1. The van der Waals surface area contributed by atoms with Crippen LogP contribution in [0.1, 0.15) is 25.0 Å². The van der Waals surface area contributed by atoms with Crippen LogP contribution in [-0.2, 0) is 28.9 Å². The maximum absolute atomic E-state index is 12.9. The van der Waals surface area contributed by atoms with Gasteiger partial charge in [-0.1, -0.05) is 38.1 Å². The fourth-order valence-corrected chi connectivity index (χ4v) is 2.80. The molecular weight excluding hydrogens is 338 g/mol. The number of aryl methyl sites for hydroxylation is 2. The van der Waals surface area contributed by atoms with Crippen molar-refractivity contribution in [1.29, 1.82) is 5.41 Å². The molecular formula is C19H26ClN3O2. The van der Waals surface area contributed by atoms with Crippen LogP contribution in [0.4, 0.5) is 5.69 Å². The smallest absolute Gasteiger partial charge is 0.248 e. The van der Waals surface area contributed by atoms with Crippen molar-refractivity contribution in [2.75, 3.05) is 18.7 Å². The maximum atomic E-state index is 12.9. The Morgan fingerprint density at radius 3 is 2.28 bits per heavy atom. The minimum absolute atomic E-state index is 0. The summed E-state index contributed by atoms with van der Waals surface area (Å²) in [6, 6.07) is 11.4. The Balaban J connectivity index is 0.00000312. The topological polar surface area (TPSA) is 58.3 Å². The van der Waals surface area contributed by atoms with Gasteiger partial charge >= 0.3 is 0 Å². The number of nitrogens with zero attached hydrogens (tertiary/aromatic N) is 2. The van der Waals surface area contributed by atoms with E-state index in [2.05, 4.69) is 26.0 Å². The van der Waals surface area contributed by atoms with Crippen LogP contribution in [0, 0.1) is 5.41 Å². The molecule has 0 aliphatic rings. The highest BCUT2D eigenvalue weighted by Crippen LogP contribution is 2.27. The van der Waals surface area contributed by atoms with Crippen molar-refractivity contribution in [2.24, 2.45) is 0 Å². The monoisotopic (exact) mass is 363 g/mol. The van der Waals surface area contributed by atoms with E-state index in [4.69, 9.17) is 10.1 Å². The highest BCUT2D eigenvalue weighted by molar-refractivity contribution is 5.94. The second-order valence-electron chi connectivity index (χ2n) is 5.59. The van der Waals surface area contributed by atoms with E-state index in [9.17, 15) is 4.79 Å². The molecule has 0 fully saturated rings. The summed E-state index contributed by atoms with van der Waals surface area (Å²) < 4.78 is 6.93. The Morgan fingerprint density at radius 2 is 1.76 bits per heavy atom. The molecule has 1 aromatic carbocycles. The Kier molecular flexibility index (Phi) is 8.38. The van der Waals surface area contributed by atoms with E-state index in [-0.39, 0.29) is 31.6 Å². The fourth-order valence-electron chi connectivity index (χ4n) is 2.80. The number of carbonyl (C=O) groups is 1. The zero-order chi connectivity index (χ0) is 17.5. The molecule has 0 radical (unpaired) electrons. The van der Waals surface area contributed by atoms with E-state index >= 15 is 0 Å². The number of para-hydroxylation sites is 1. The molecule has 25 heavy (non-hydrogen) atoms. The molecule has 6 heteroatoms. The van der Waals surface area contributed by atoms with Crippen molar-refractivity contribution in [3.05, 3.63) is 59.2 Å². The second kappa shape index (κ2) is 10.0. The number of rotatable bonds is 7. The number of nitrogens with one attached hydrogen (secondary N) is 1. The summed E-state index contributed by atoms with van der Waals surface area (Å²) in [6.07, 6.45) is 3.44. The van der Waals surface area contributed by atoms with Gasteiger partial charge in [0.15, 0.2) is 0 Å². The highest BCUT2D eigenvalue weighted by Gasteiger charge is 2.21. The molecule has 1 heterocycles. The molecule has 0 aliphatic carbocycles. The molecule has 2 aromatic rings. The number of hydrogen-bond acceptors (Lipinski definition) is 3. The molecule has 1 aromatic heterocycles. The molecule has 2 rings (SSSR count). The van der Waals surface area contributed by atoms with Crippen LogP contribution in [0.5, 0.6) is 0 Å². The van der Waals surface area contributed by atoms with Gasteiger partial charge in [0.25, 0.3) is 0 Å². The second-order valence-corrected chi connectivity index (χ2v) is 5.59. The number of hydrogen-bond donors (Lipinski definition) is 1. The summed E-state index contributed by atoms with van der Waals surface area (Å²) in [5.41, 5.74) is 3.51. The summed E-state index contributed by atoms with van der Waals surface area (Å²) >= 11 is 0. The third kappa shape index (κ3) is 4.94. The van der Waals surface area contributed by atoms with Crippen LogP contribution < -0.4 is 10.4 Å². The number of aromatic nitrogens is 1. The Bertz CT molecular complexity index is 736. The number of methoxy groups -OCH3 is 1. The van der Waals surface area contributed by atoms with Gasteiger partial charge in [0.05, 0.1) is 5.69 Å². The van der Waals surface area contributed by atoms with E-state index in [0.29, 0.717) is 5.49 Å². The van der Waals surface area contributed by atoms with E-state index in [1.807, 2.05) is 12.1 Å². The van der Waals surface area contributed by atoms with Gasteiger partial charge in [-0.05, 0) is 36.1 Å². The van der Waals surface area contributed by atoms with Gasteiger partial charge < -0.3 is 9.30 Å². The largest absolute Gasteiger partial charge is 0.364 e. The Labute approximate surface area is 155 Å². The first-order valence-electron chi connectivity index (χ1n) is 8.22. The van der Waals surface area contributed by atoms with Crippen LogP contribution in [0.25, 0.3) is 0 Å². The SMILES string of the molecule is CCc1cccc(CC)c1N(COC)C(=O)Cn1ccccc1=N.Cl. The number of benzene rings is 1. The first-order chi connectivity index (χ1) is 11.6. The zero-order valence-electron chi connectivity index (χ0n) is 15.0. The van der Waals surface area contributed by atoms with Crippen LogP contribution in [-0.4, -0.2) is 24.3 Å². The lowest BCUT2D eigenvalue weighted by molar-refractivity contribution is -0.120. The summed E-state index contributed by atoms with van der Waals surface area (Å²) in [6.45, 7) is 4.48. The number of pyridine rings is 1. The van der Waals surface area contributed by atoms with E-state index < -0.39 is 0 Å². The van der Waals surface area contributed by atoms with Gasteiger partial charge in [-0.2, -0.15) is 0 Å². The first kappa shape index (κ1) is 20.9. The number of ether oxygens (including phenoxy) is 1. The normalized spacial score (nSPS) is 10.2. The van der Waals surface area contributed by atoms with Gasteiger partial charge in [0, 0.05) is 13.3 Å². The average molecular weight is 364 g/mol. The summed E-state index contributed by atoms with van der Waals surface area (Å²) in [4.78, 5) is 14.6. The van der Waals surface area contributed by atoms with Crippen molar-refractivity contribution in [1.82, 2.24) is 4.57 Å². The lowest BCUT2D eigenvalue weighted by atomic mass is 10.0. The highest BCUT2D eigenvalue weighted by atomic mass is 35.5. The molecule has 0 bridgehead atoms. The third-order valence-electron chi connectivity index (χ3n) is 4.04. The minimum atomic E-state index is -0.0860. The van der Waals surface area contributed by atoms with Crippen molar-refractivity contribution < 1.29 is 9.53 Å². The van der Waals surface area contributed by atoms with Crippen molar-refractivity contribution in [3.8, 4) is 0 Å². The molecule has 0 aliphatic heterocycles. The minimum Gasteiger partial charge on any atom is -0.364 e. The molecule has 0 atom stereocenters. The van der Waals surface area contributed by atoms with E-state index in [1.54, 1.807) is 34.9 Å². The lowest BCUT2D eigenvalue weighted by Gasteiger charge is -2.27. The molecule has 136 valence electrons. The van der Waals surface area contributed by atoms with Crippen LogP contribution >= 0.6 is 12.4 Å². The summed E-state index contributed by atoms with van der Waals surface area (Å²) in [5, 5.41) is 7.93. The van der Waals surface area contributed by atoms with Crippen LogP contribution in [0.3, 0.4) is 0 Å². The number of carbonyl (C=O) groups excluding carboxylic acids is 1. The standard InChI is InChI=1S/C19H25N3O2.ClH/c1-4-15-9-8-10-16(5-2)19(15)22(14-24-3)18(23)13-21-12-7-6-11-17(21)20;/h6-12,20H,4-5,13-14H2,1-3H3;1H. The number of anilines is 1. The van der Waals surface area contributed by atoms with Crippen molar-refractivity contribution >= 4 is 24.0 Å². The first-order valence-corrected chi connectivity index (χ1v) is 8.22. The molecule has 0 spiro atoms. The molecule has 5 nitrogen and oxygen atoms in total. The molecule has 1 N–H and O–H groups in total. The molecule has 1 amide bonds.